The lowest BCUT2D eigenvalue weighted by Gasteiger charge is -2.28. The minimum absolute atomic E-state index is 0.187. The number of likely N-dealkylation sites (tertiary alicyclic amines) is 1. The summed E-state index contributed by atoms with van der Waals surface area (Å²) < 4.78 is 16.9. The first kappa shape index (κ1) is 18.3. The maximum Gasteiger partial charge on any atom is 0.230 e. The highest BCUT2D eigenvalue weighted by atomic mass is 16.5. The van der Waals surface area contributed by atoms with E-state index in [0.717, 1.165) is 60.8 Å². The molecule has 0 spiro atoms. The molecule has 0 bridgehead atoms. The number of ether oxygens (including phenoxy) is 2. The van der Waals surface area contributed by atoms with E-state index in [-0.39, 0.29) is 5.92 Å². The molecule has 0 unspecified atom stereocenters. The summed E-state index contributed by atoms with van der Waals surface area (Å²) >= 11 is 0. The standard InChI is InChI=1S/C20H25N3O3/c1-13-18(24-3)6-5-16(19(13)25-4)20-22-17(14(2)26-20)12-23-9-7-15(11-21)8-10-23/h5-6,15H,7-10,12H2,1-4H3. The lowest BCUT2D eigenvalue weighted by Crippen LogP contribution is -2.33. The molecule has 2 heterocycles. The van der Waals surface area contributed by atoms with Gasteiger partial charge in [0.2, 0.25) is 5.89 Å². The van der Waals surface area contributed by atoms with E-state index < -0.39 is 0 Å². The molecule has 0 aliphatic carbocycles. The summed E-state index contributed by atoms with van der Waals surface area (Å²) in [6.45, 7) is 6.48. The Labute approximate surface area is 154 Å². The van der Waals surface area contributed by atoms with Gasteiger partial charge in [-0.15, -0.1) is 0 Å². The fraction of sp³-hybridized carbons (Fsp3) is 0.500. The van der Waals surface area contributed by atoms with E-state index in [2.05, 4.69) is 11.0 Å². The average Bonchev–Trinajstić information content (AvgIpc) is 3.02. The van der Waals surface area contributed by atoms with E-state index in [1.54, 1.807) is 14.2 Å². The van der Waals surface area contributed by atoms with Gasteiger partial charge in [0.15, 0.2) is 0 Å². The van der Waals surface area contributed by atoms with Gasteiger partial charge in [-0.3, -0.25) is 4.90 Å². The first-order chi connectivity index (χ1) is 12.6. The van der Waals surface area contributed by atoms with Gasteiger partial charge in [0.25, 0.3) is 0 Å². The van der Waals surface area contributed by atoms with Crippen molar-refractivity contribution in [1.82, 2.24) is 9.88 Å². The number of nitriles is 1. The molecule has 26 heavy (non-hydrogen) atoms. The molecule has 3 rings (SSSR count). The number of aryl methyl sites for hydroxylation is 1. The van der Waals surface area contributed by atoms with Crippen LogP contribution in [0.4, 0.5) is 0 Å². The van der Waals surface area contributed by atoms with Crippen molar-refractivity contribution in [3.8, 4) is 29.0 Å². The molecule has 6 nitrogen and oxygen atoms in total. The normalized spacial score (nSPS) is 15.7. The lowest BCUT2D eigenvalue weighted by molar-refractivity contribution is 0.195. The SMILES string of the molecule is COc1ccc(-c2nc(CN3CCC(C#N)CC3)c(C)o2)c(OC)c1C. The van der Waals surface area contributed by atoms with Gasteiger partial charge in [0.05, 0.1) is 31.5 Å². The summed E-state index contributed by atoms with van der Waals surface area (Å²) in [5, 5.41) is 9.03. The van der Waals surface area contributed by atoms with Crippen molar-refractivity contribution >= 4 is 0 Å². The highest BCUT2D eigenvalue weighted by Crippen LogP contribution is 2.38. The number of benzene rings is 1. The third kappa shape index (κ3) is 3.54. The van der Waals surface area contributed by atoms with Crippen LogP contribution in [0.1, 0.15) is 29.9 Å². The molecule has 1 aromatic carbocycles. The molecule has 138 valence electrons. The van der Waals surface area contributed by atoms with E-state index >= 15 is 0 Å². The Morgan fingerprint density at radius 3 is 2.58 bits per heavy atom. The van der Waals surface area contributed by atoms with E-state index in [0.29, 0.717) is 11.6 Å². The van der Waals surface area contributed by atoms with E-state index in [1.807, 2.05) is 26.0 Å². The number of hydrogen-bond acceptors (Lipinski definition) is 6. The van der Waals surface area contributed by atoms with Crippen molar-refractivity contribution in [1.29, 1.82) is 5.26 Å². The van der Waals surface area contributed by atoms with Gasteiger partial charge in [0.1, 0.15) is 17.3 Å². The van der Waals surface area contributed by atoms with Crippen molar-refractivity contribution in [3.05, 3.63) is 29.2 Å². The van der Waals surface area contributed by atoms with Crippen LogP contribution in [0.2, 0.25) is 0 Å². The summed E-state index contributed by atoms with van der Waals surface area (Å²) in [5.41, 5.74) is 2.68. The summed E-state index contributed by atoms with van der Waals surface area (Å²) in [4.78, 5) is 7.06. The zero-order valence-electron chi connectivity index (χ0n) is 15.8. The maximum atomic E-state index is 9.03. The minimum Gasteiger partial charge on any atom is -0.496 e. The first-order valence-corrected chi connectivity index (χ1v) is 8.87. The number of hydrogen-bond donors (Lipinski definition) is 0. The van der Waals surface area contributed by atoms with Crippen LogP contribution in [0.3, 0.4) is 0 Å². The molecule has 0 saturated carbocycles. The Morgan fingerprint density at radius 2 is 1.96 bits per heavy atom. The number of piperidine rings is 1. The van der Waals surface area contributed by atoms with Gasteiger partial charge in [0, 0.05) is 18.0 Å². The fourth-order valence-electron chi connectivity index (χ4n) is 3.45. The quantitative estimate of drug-likeness (QED) is 0.814. The van der Waals surface area contributed by atoms with Crippen LogP contribution in [0.15, 0.2) is 16.5 Å². The minimum atomic E-state index is 0.187. The molecular weight excluding hydrogens is 330 g/mol. The fourth-order valence-corrected chi connectivity index (χ4v) is 3.45. The van der Waals surface area contributed by atoms with E-state index in [1.165, 1.54) is 0 Å². The zero-order valence-corrected chi connectivity index (χ0v) is 15.8. The van der Waals surface area contributed by atoms with Crippen LogP contribution in [0, 0.1) is 31.1 Å². The van der Waals surface area contributed by atoms with Crippen LogP contribution in [0.5, 0.6) is 11.5 Å². The molecule has 1 saturated heterocycles. The average molecular weight is 355 g/mol. The van der Waals surface area contributed by atoms with Crippen molar-refractivity contribution in [2.75, 3.05) is 27.3 Å². The molecule has 1 fully saturated rings. The topological polar surface area (TPSA) is 71.5 Å². The van der Waals surface area contributed by atoms with Crippen LogP contribution in [0.25, 0.3) is 11.5 Å². The van der Waals surface area contributed by atoms with Crippen LogP contribution in [-0.4, -0.2) is 37.2 Å². The van der Waals surface area contributed by atoms with Crippen LogP contribution >= 0.6 is 0 Å². The second-order valence-corrected chi connectivity index (χ2v) is 6.68. The number of methoxy groups -OCH3 is 2. The van der Waals surface area contributed by atoms with Gasteiger partial charge in [-0.05, 0) is 51.9 Å². The molecule has 2 aromatic rings. The van der Waals surface area contributed by atoms with Gasteiger partial charge in [-0.25, -0.2) is 4.98 Å². The van der Waals surface area contributed by atoms with Crippen LogP contribution < -0.4 is 9.47 Å². The molecule has 0 atom stereocenters. The number of rotatable bonds is 5. The molecule has 6 heteroatoms. The number of oxazole rings is 1. The molecule has 0 amide bonds. The van der Waals surface area contributed by atoms with Crippen molar-refractivity contribution in [3.63, 3.8) is 0 Å². The Balaban J connectivity index is 1.83. The maximum absolute atomic E-state index is 9.03. The number of aromatic nitrogens is 1. The second-order valence-electron chi connectivity index (χ2n) is 6.68. The monoisotopic (exact) mass is 355 g/mol. The molecule has 1 aromatic heterocycles. The molecule has 0 N–H and O–H groups in total. The summed E-state index contributed by atoms with van der Waals surface area (Å²) in [5.74, 6) is 3.05. The Bertz CT molecular complexity index is 814. The van der Waals surface area contributed by atoms with Gasteiger partial charge in [-0.2, -0.15) is 5.26 Å². The largest absolute Gasteiger partial charge is 0.496 e. The summed E-state index contributed by atoms with van der Waals surface area (Å²) in [6.07, 6.45) is 1.84. The van der Waals surface area contributed by atoms with Gasteiger partial charge >= 0.3 is 0 Å². The summed E-state index contributed by atoms with van der Waals surface area (Å²) in [6, 6.07) is 6.18. The van der Waals surface area contributed by atoms with Crippen molar-refractivity contribution in [2.24, 2.45) is 5.92 Å². The first-order valence-electron chi connectivity index (χ1n) is 8.87. The van der Waals surface area contributed by atoms with Gasteiger partial charge in [-0.1, -0.05) is 0 Å². The Morgan fingerprint density at radius 1 is 1.23 bits per heavy atom. The Kier molecular flexibility index (Phi) is 5.48. The third-order valence-electron chi connectivity index (χ3n) is 5.05. The molecule has 0 radical (unpaired) electrons. The van der Waals surface area contributed by atoms with Gasteiger partial charge < -0.3 is 13.9 Å². The van der Waals surface area contributed by atoms with Crippen molar-refractivity contribution in [2.45, 2.75) is 33.2 Å². The summed E-state index contributed by atoms with van der Waals surface area (Å²) in [7, 11) is 3.28. The smallest absolute Gasteiger partial charge is 0.230 e. The van der Waals surface area contributed by atoms with E-state index in [9.17, 15) is 0 Å². The predicted molar refractivity (Wildman–Crippen MR) is 98.1 cm³/mol. The predicted octanol–water partition coefficient (Wildman–Crippen LogP) is 3.71. The second kappa shape index (κ2) is 7.79. The zero-order chi connectivity index (χ0) is 18.7. The highest BCUT2D eigenvalue weighted by Gasteiger charge is 2.23. The lowest BCUT2D eigenvalue weighted by atomic mass is 9.98. The number of nitrogens with zero attached hydrogens (tertiary/aromatic N) is 3. The van der Waals surface area contributed by atoms with Crippen LogP contribution in [-0.2, 0) is 6.54 Å². The molecule has 1 aliphatic rings. The highest BCUT2D eigenvalue weighted by molar-refractivity contribution is 5.68. The van der Waals surface area contributed by atoms with E-state index in [4.69, 9.17) is 24.1 Å². The Hall–Kier alpha value is -2.52. The molecular formula is C20H25N3O3. The van der Waals surface area contributed by atoms with Crippen molar-refractivity contribution < 1.29 is 13.9 Å². The third-order valence-corrected chi connectivity index (χ3v) is 5.05. The molecule has 1 aliphatic heterocycles.